The third kappa shape index (κ3) is 3.13. The molecule has 1 aromatic heterocycles. The van der Waals surface area contributed by atoms with Crippen LogP contribution in [0.4, 0.5) is 13.2 Å². The highest BCUT2D eigenvalue weighted by Crippen LogP contribution is 2.34. The number of aliphatic hydroxyl groups excluding tert-OH is 1. The number of ether oxygens (including phenoxy) is 1. The van der Waals surface area contributed by atoms with E-state index in [4.69, 9.17) is 4.74 Å². The molecule has 3 nitrogen and oxygen atoms in total. The number of methoxy groups -OCH3 is 1. The van der Waals surface area contributed by atoms with E-state index in [0.29, 0.717) is 22.0 Å². The fourth-order valence-corrected chi connectivity index (χ4v) is 3.07. The Kier molecular flexibility index (Phi) is 4.55. The van der Waals surface area contributed by atoms with E-state index in [1.165, 1.54) is 31.4 Å². The van der Waals surface area contributed by atoms with Gasteiger partial charge in [-0.25, -0.2) is 18.2 Å². The van der Waals surface area contributed by atoms with Crippen molar-refractivity contribution in [1.29, 1.82) is 0 Å². The third-order valence-electron chi connectivity index (χ3n) is 3.45. The lowest BCUT2D eigenvalue weighted by Crippen LogP contribution is -2.01. The summed E-state index contributed by atoms with van der Waals surface area (Å²) in [6.07, 6.45) is -1.19. The Bertz CT molecular complexity index is 882. The van der Waals surface area contributed by atoms with Gasteiger partial charge in [0.2, 0.25) is 0 Å². The summed E-state index contributed by atoms with van der Waals surface area (Å²) in [6.45, 7) is 0. The van der Waals surface area contributed by atoms with E-state index in [-0.39, 0.29) is 5.56 Å². The number of benzene rings is 2. The molecule has 24 heavy (non-hydrogen) atoms. The van der Waals surface area contributed by atoms with Gasteiger partial charge in [0.05, 0.1) is 12.8 Å². The quantitative estimate of drug-likeness (QED) is 0.761. The maximum atomic E-state index is 13.3. The number of thiazole rings is 1. The first-order valence-corrected chi connectivity index (χ1v) is 7.80. The van der Waals surface area contributed by atoms with Crippen molar-refractivity contribution in [3.63, 3.8) is 0 Å². The van der Waals surface area contributed by atoms with Gasteiger partial charge in [0.15, 0.2) is 11.6 Å². The van der Waals surface area contributed by atoms with Crippen LogP contribution in [0.25, 0.3) is 11.3 Å². The lowest BCUT2D eigenvalue weighted by molar-refractivity contribution is 0.219. The summed E-state index contributed by atoms with van der Waals surface area (Å²) in [7, 11) is 1.42. The molecule has 0 aliphatic heterocycles. The average Bonchev–Trinajstić information content (AvgIpc) is 3.06. The fraction of sp³-hybridized carbons (Fsp3) is 0.118. The molecule has 124 valence electrons. The second kappa shape index (κ2) is 6.62. The average molecular weight is 351 g/mol. The molecule has 2 aromatic carbocycles. The summed E-state index contributed by atoms with van der Waals surface area (Å²) in [5.74, 6) is -2.15. The maximum absolute atomic E-state index is 13.3. The van der Waals surface area contributed by atoms with Gasteiger partial charge >= 0.3 is 0 Å². The van der Waals surface area contributed by atoms with Crippen molar-refractivity contribution < 1.29 is 23.0 Å². The van der Waals surface area contributed by atoms with Crippen LogP contribution < -0.4 is 4.74 Å². The molecule has 7 heteroatoms. The first-order valence-electron chi connectivity index (χ1n) is 6.92. The summed E-state index contributed by atoms with van der Waals surface area (Å²) in [5.41, 5.74) is 1.26. The Hall–Kier alpha value is -2.38. The van der Waals surface area contributed by atoms with Crippen molar-refractivity contribution in [3.05, 3.63) is 69.8 Å². The van der Waals surface area contributed by atoms with Crippen molar-refractivity contribution in [2.24, 2.45) is 0 Å². The van der Waals surface area contributed by atoms with E-state index in [1.54, 1.807) is 5.38 Å². The van der Waals surface area contributed by atoms with Gasteiger partial charge in [-0.15, -0.1) is 11.3 Å². The first-order chi connectivity index (χ1) is 11.5. The molecule has 3 aromatic rings. The lowest BCUT2D eigenvalue weighted by Gasteiger charge is -2.08. The molecule has 0 saturated heterocycles. The SMILES string of the molecule is COc1cc(F)ccc1-c1csc(C(O)c2ccc(F)c(F)c2)n1. The predicted octanol–water partition coefficient (Wildman–Crippen LogP) is 4.32. The highest BCUT2D eigenvalue weighted by Gasteiger charge is 2.18. The Morgan fingerprint density at radius 1 is 1.08 bits per heavy atom. The molecule has 0 fully saturated rings. The smallest absolute Gasteiger partial charge is 0.159 e. The second-order valence-electron chi connectivity index (χ2n) is 4.99. The standard InChI is InChI=1S/C17H12F3NO2S/c1-23-15-7-10(18)3-4-11(15)14-8-24-17(21-14)16(22)9-2-5-12(19)13(20)6-9/h2-8,16,22H,1H3. The fourth-order valence-electron chi connectivity index (χ4n) is 2.24. The van der Waals surface area contributed by atoms with Gasteiger partial charge in [0.1, 0.15) is 22.7 Å². The first kappa shape index (κ1) is 16.5. The minimum atomic E-state index is -1.19. The van der Waals surface area contributed by atoms with Crippen LogP contribution in [-0.2, 0) is 0 Å². The van der Waals surface area contributed by atoms with Crippen LogP contribution in [0.5, 0.6) is 5.75 Å². The predicted molar refractivity (Wildman–Crippen MR) is 84.5 cm³/mol. The number of halogens is 3. The summed E-state index contributed by atoms with van der Waals surface area (Å²) >= 11 is 1.15. The van der Waals surface area contributed by atoms with Gasteiger partial charge in [-0.3, -0.25) is 0 Å². The topological polar surface area (TPSA) is 42.4 Å². The van der Waals surface area contributed by atoms with Gasteiger partial charge in [0.25, 0.3) is 0 Å². The van der Waals surface area contributed by atoms with Gasteiger partial charge in [-0.2, -0.15) is 0 Å². The number of rotatable bonds is 4. The van der Waals surface area contributed by atoms with E-state index in [0.717, 1.165) is 23.5 Å². The van der Waals surface area contributed by atoms with Crippen LogP contribution in [0, 0.1) is 17.5 Å². The molecule has 0 aliphatic rings. The van der Waals surface area contributed by atoms with E-state index in [1.807, 2.05) is 0 Å². The number of aromatic nitrogens is 1. The van der Waals surface area contributed by atoms with Crippen LogP contribution in [0.3, 0.4) is 0 Å². The van der Waals surface area contributed by atoms with Crippen molar-refractivity contribution in [2.45, 2.75) is 6.10 Å². The number of aliphatic hydroxyl groups is 1. The van der Waals surface area contributed by atoms with Crippen molar-refractivity contribution in [3.8, 4) is 17.0 Å². The second-order valence-corrected chi connectivity index (χ2v) is 5.88. The zero-order valence-corrected chi connectivity index (χ0v) is 13.3. The Labute approximate surface area is 140 Å². The molecule has 3 rings (SSSR count). The number of hydrogen-bond acceptors (Lipinski definition) is 4. The molecular formula is C17H12F3NO2S. The van der Waals surface area contributed by atoms with Crippen molar-refractivity contribution >= 4 is 11.3 Å². The zero-order valence-electron chi connectivity index (χ0n) is 12.5. The highest BCUT2D eigenvalue weighted by molar-refractivity contribution is 7.10. The van der Waals surface area contributed by atoms with Gasteiger partial charge in [-0.1, -0.05) is 6.07 Å². The van der Waals surface area contributed by atoms with Crippen LogP contribution in [0.1, 0.15) is 16.7 Å². The third-order valence-corrected chi connectivity index (χ3v) is 4.35. The molecule has 0 saturated carbocycles. The van der Waals surface area contributed by atoms with Gasteiger partial charge in [-0.05, 0) is 29.8 Å². The van der Waals surface area contributed by atoms with E-state index < -0.39 is 23.6 Å². The Morgan fingerprint density at radius 2 is 1.88 bits per heavy atom. The highest BCUT2D eigenvalue weighted by atomic mass is 32.1. The normalized spacial score (nSPS) is 12.2. The summed E-state index contributed by atoms with van der Waals surface area (Å²) in [5, 5.41) is 12.3. The van der Waals surface area contributed by atoms with Gasteiger partial charge in [0, 0.05) is 17.0 Å². The van der Waals surface area contributed by atoms with Crippen LogP contribution >= 0.6 is 11.3 Å². The molecule has 0 bridgehead atoms. The van der Waals surface area contributed by atoms with E-state index >= 15 is 0 Å². The van der Waals surface area contributed by atoms with Crippen LogP contribution in [-0.4, -0.2) is 17.2 Å². The van der Waals surface area contributed by atoms with E-state index in [9.17, 15) is 18.3 Å². The largest absolute Gasteiger partial charge is 0.496 e. The minimum absolute atomic E-state index is 0.195. The maximum Gasteiger partial charge on any atom is 0.159 e. The number of nitrogens with zero attached hydrogens (tertiary/aromatic N) is 1. The molecule has 1 heterocycles. The molecule has 0 spiro atoms. The summed E-state index contributed by atoms with van der Waals surface area (Å²) < 4.78 is 44.7. The van der Waals surface area contributed by atoms with Crippen LogP contribution in [0.15, 0.2) is 41.8 Å². The monoisotopic (exact) mass is 351 g/mol. The Balaban J connectivity index is 1.94. The van der Waals surface area contributed by atoms with Crippen LogP contribution in [0.2, 0.25) is 0 Å². The lowest BCUT2D eigenvalue weighted by atomic mass is 10.1. The molecule has 0 radical (unpaired) electrons. The number of hydrogen-bond donors (Lipinski definition) is 1. The molecule has 1 unspecified atom stereocenters. The van der Waals surface area contributed by atoms with Crippen molar-refractivity contribution in [1.82, 2.24) is 4.98 Å². The summed E-state index contributed by atoms with van der Waals surface area (Å²) in [4.78, 5) is 4.30. The van der Waals surface area contributed by atoms with Gasteiger partial charge < -0.3 is 9.84 Å². The molecule has 1 N–H and O–H groups in total. The van der Waals surface area contributed by atoms with E-state index in [2.05, 4.69) is 4.98 Å². The molecular weight excluding hydrogens is 339 g/mol. The van der Waals surface area contributed by atoms with Crippen molar-refractivity contribution in [2.75, 3.05) is 7.11 Å². The molecule has 1 atom stereocenters. The molecule has 0 amide bonds. The summed E-state index contributed by atoms with van der Waals surface area (Å²) in [6, 6.07) is 7.22. The molecule has 0 aliphatic carbocycles. The zero-order chi connectivity index (χ0) is 17.3. The minimum Gasteiger partial charge on any atom is -0.496 e. The Morgan fingerprint density at radius 3 is 2.58 bits per heavy atom.